The van der Waals surface area contributed by atoms with Crippen molar-refractivity contribution in [2.75, 3.05) is 20.8 Å². The molecule has 3 rings (SSSR count). The van der Waals surface area contributed by atoms with E-state index in [-0.39, 0.29) is 52.9 Å². The van der Waals surface area contributed by atoms with Crippen molar-refractivity contribution >= 4 is 11.0 Å². The van der Waals surface area contributed by atoms with Gasteiger partial charge in [-0.1, -0.05) is 19.1 Å². The molecule has 9 heteroatoms. The minimum Gasteiger partial charge on any atom is -0.507 e. The number of hydrogen-bond acceptors (Lipinski definition) is 9. The highest BCUT2D eigenvalue weighted by Crippen LogP contribution is 2.44. The Morgan fingerprint density at radius 1 is 1.06 bits per heavy atom. The quantitative estimate of drug-likeness (QED) is 0.263. The van der Waals surface area contributed by atoms with E-state index in [0.29, 0.717) is 35.1 Å². The van der Waals surface area contributed by atoms with Crippen LogP contribution in [0.5, 0.6) is 28.7 Å². The maximum atomic E-state index is 13.3. The van der Waals surface area contributed by atoms with Crippen LogP contribution >= 0.6 is 0 Å². The van der Waals surface area contributed by atoms with Gasteiger partial charge < -0.3 is 39.4 Å². The highest BCUT2D eigenvalue weighted by molar-refractivity contribution is 5.91. The summed E-state index contributed by atoms with van der Waals surface area (Å²) in [6, 6.07) is 4.39. The van der Waals surface area contributed by atoms with Gasteiger partial charge in [-0.3, -0.25) is 4.79 Å². The summed E-state index contributed by atoms with van der Waals surface area (Å²) in [5.74, 6) is -1.47. The maximum Gasteiger partial charge on any atom is 0.239 e. The Morgan fingerprint density at radius 3 is 2.28 bits per heavy atom. The third-order valence-corrected chi connectivity index (χ3v) is 6.19. The SMILES string of the molecule is C=C(C)[C@H](O)Cc1cc(-c2oc3cc(O)c(OC)c(O)c3c(=O)c2OC)cc(CC[C@@H](C)CO)c1O. The number of aromatic hydroxyl groups is 3. The molecule has 2 aromatic carbocycles. The highest BCUT2D eigenvalue weighted by Gasteiger charge is 2.25. The number of benzene rings is 2. The lowest BCUT2D eigenvalue weighted by molar-refractivity contribution is 0.210. The third-order valence-electron chi connectivity index (χ3n) is 6.19. The summed E-state index contributed by atoms with van der Waals surface area (Å²) in [6.07, 6.45) is 0.144. The van der Waals surface area contributed by atoms with Crippen LogP contribution in [0.25, 0.3) is 22.3 Å². The number of ether oxygens (including phenoxy) is 2. The topological polar surface area (TPSA) is 150 Å². The zero-order valence-corrected chi connectivity index (χ0v) is 20.8. The molecule has 36 heavy (non-hydrogen) atoms. The predicted molar refractivity (Wildman–Crippen MR) is 135 cm³/mol. The number of aliphatic hydroxyl groups is 2. The van der Waals surface area contributed by atoms with E-state index in [1.165, 1.54) is 14.2 Å². The van der Waals surface area contributed by atoms with Crippen LogP contribution in [0.2, 0.25) is 0 Å². The summed E-state index contributed by atoms with van der Waals surface area (Å²) >= 11 is 0. The van der Waals surface area contributed by atoms with Crippen LogP contribution in [0.1, 0.15) is 31.4 Å². The minimum absolute atomic E-state index is 0.00779. The van der Waals surface area contributed by atoms with Crippen LogP contribution in [0.4, 0.5) is 0 Å². The summed E-state index contributed by atoms with van der Waals surface area (Å²) < 4.78 is 16.3. The Kier molecular flexibility index (Phi) is 8.17. The van der Waals surface area contributed by atoms with Gasteiger partial charge in [0, 0.05) is 24.7 Å². The molecule has 0 fully saturated rings. The van der Waals surface area contributed by atoms with Gasteiger partial charge in [0.15, 0.2) is 17.3 Å². The van der Waals surface area contributed by atoms with Gasteiger partial charge in [0.2, 0.25) is 16.9 Å². The lowest BCUT2D eigenvalue weighted by Gasteiger charge is -2.18. The molecule has 0 saturated carbocycles. The van der Waals surface area contributed by atoms with Gasteiger partial charge >= 0.3 is 0 Å². The lowest BCUT2D eigenvalue weighted by atomic mass is 9.93. The molecule has 1 aromatic heterocycles. The second-order valence-corrected chi connectivity index (χ2v) is 8.98. The van der Waals surface area contributed by atoms with Crippen molar-refractivity contribution in [3.63, 3.8) is 0 Å². The molecule has 0 amide bonds. The third kappa shape index (κ3) is 5.12. The van der Waals surface area contributed by atoms with E-state index in [1.54, 1.807) is 19.1 Å². The van der Waals surface area contributed by atoms with Gasteiger partial charge in [-0.2, -0.15) is 0 Å². The van der Waals surface area contributed by atoms with Gasteiger partial charge in [-0.25, -0.2) is 0 Å². The first-order chi connectivity index (χ1) is 17.0. The van der Waals surface area contributed by atoms with Crippen molar-refractivity contribution in [1.29, 1.82) is 0 Å². The first-order valence-electron chi connectivity index (χ1n) is 11.5. The Bertz CT molecular complexity index is 1340. The maximum absolute atomic E-state index is 13.3. The number of phenols is 3. The Hall–Kier alpha value is -3.69. The molecule has 0 radical (unpaired) electrons. The average molecular weight is 501 g/mol. The van der Waals surface area contributed by atoms with E-state index in [2.05, 4.69) is 6.58 Å². The standard InChI is InChI=1S/C27H32O9/c1-13(2)18(29)10-16-9-17(8-15(22(16)31)7-6-14(3)12-28)25-27(35-5)24(33)21-20(36-25)11-19(30)26(34-4)23(21)32/h8-9,11,14,18,28-32H,1,6-7,10,12H2,2-5H3/t14-,18-/m1/s1. The second kappa shape index (κ2) is 10.9. The molecule has 0 bridgehead atoms. The number of hydrogen-bond donors (Lipinski definition) is 5. The molecule has 1 heterocycles. The first kappa shape index (κ1) is 26.9. The molecule has 3 aromatic rings. The zero-order chi connectivity index (χ0) is 26.7. The first-order valence-corrected chi connectivity index (χ1v) is 11.5. The van der Waals surface area contributed by atoms with Crippen molar-refractivity contribution in [3.8, 4) is 40.1 Å². The van der Waals surface area contributed by atoms with E-state index in [4.69, 9.17) is 13.9 Å². The number of fused-ring (bicyclic) bond motifs is 1. The molecule has 0 aliphatic carbocycles. The molecule has 0 aliphatic rings. The molecule has 194 valence electrons. The van der Waals surface area contributed by atoms with Crippen LogP contribution in [0, 0.1) is 5.92 Å². The number of phenolic OH excluding ortho intramolecular Hbond substituents is 3. The summed E-state index contributed by atoms with van der Waals surface area (Å²) in [5, 5.41) is 51.3. The summed E-state index contributed by atoms with van der Waals surface area (Å²) in [4.78, 5) is 13.3. The van der Waals surface area contributed by atoms with E-state index in [0.717, 1.165) is 6.07 Å². The fourth-order valence-electron chi connectivity index (χ4n) is 3.98. The van der Waals surface area contributed by atoms with Crippen molar-refractivity contribution in [1.82, 2.24) is 0 Å². The smallest absolute Gasteiger partial charge is 0.239 e. The van der Waals surface area contributed by atoms with Crippen LogP contribution in [-0.2, 0) is 12.8 Å². The number of rotatable bonds is 10. The van der Waals surface area contributed by atoms with E-state index >= 15 is 0 Å². The Balaban J connectivity index is 2.29. The molecule has 2 atom stereocenters. The Labute approximate surface area is 208 Å². The molecule has 0 saturated heterocycles. The van der Waals surface area contributed by atoms with Crippen LogP contribution < -0.4 is 14.9 Å². The van der Waals surface area contributed by atoms with Gasteiger partial charge in [-0.05, 0) is 48.9 Å². The van der Waals surface area contributed by atoms with Crippen LogP contribution in [0.15, 0.2) is 39.6 Å². The van der Waals surface area contributed by atoms with E-state index in [9.17, 15) is 30.3 Å². The highest BCUT2D eigenvalue weighted by atomic mass is 16.5. The van der Waals surface area contributed by atoms with Gasteiger partial charge in [0.05, 0.1) is 20.3 Å². The number of methoxy groups -OCH3 is 2. The van der Waals surface area contributed by atoms with Crippen molar-refractivity contribution in [2.24, 2.45) is 5.92 Å². The van der Waals surface area contributed by atoms with Crippen LogP contribution in [0.3, 0.4) is 0 Å². The Morgan fingerprint density at radius 2 is 1.69 bits per heavy atom. The molecule has 0 aliphatic heterocycles. The summed E-state index contributed by atoms with van der Waals surface area (Å²) in [7, 11) is 2.52. The zero-order valence-electron chi connectivity index (χ0n) is 20.8. The predicted octanol–water partition coefficient (Wildman–Crippen LogP) is 3.63. The largest absolute Gasteiger partial charge is 0.507 e. The number of aryl methyl sites for hydroxylation is 1. The van der Waals surface area contributed by atoms with Gasteiger partial charge in [-0.15, -0.1) is 0 Å². The molecule has 5 N–H and O–H groups in total. The van der Waals surface area contributed by atoms with E-state index in [1.807, 2.05) is 6.92 Å². The molecule has 9 nitrogen and oxygen atoms in total. The monoisotopic (exact) mass is 500 g/mol. The van der Waals surface area contributed by atoms with Gasteiger partial charge in [0.1, 0.15) is 16.7 Å². The lowest BCUT2D eigenvalue weighted by Crippen LogP contribution is -2.12. The summed E-state index contributed by atoms with van der Waals surface area (Å²) in [5.41, 5.74) is 1.05. The molecule has 0 spiro atoms. The van der Waals surface area contributed by atoms with Gasteiger partial charge in [0.25, 0.3) is 0 Å². The van der Waals surface area contributed by atoms with E-state index < -0.39 is 23.0 Å². The minimum atomic E-state index is -0.915. The van der Waals surface area contributed by atoms with Crippen molar-refractivity contribution in [2.45, 2.75) is 39.2 Å². The summed E-state index contributed by atoms with van der Waals surface area (Å²) in [6.45, 7) is 7.31. The van der Waals surface area contributed by atoms with Crippen molar-refractivity contribution < 1.29 is 39.4 Å². The molecule has 0 unspecified atom stereocenters. The second-order valence-electron chi connectivity index (χ2n) is 8.98. The fraction of sp³-hybridized carbons (Fsp3) is 0.370. The normalized spacial score (nSPS) is 12.9. The fourth-order valence-corrected chi connectivity index (χ4v) is 3.98. The number of aliphatic hydroxyl groups excluding tert-OH is 2. The van der Waals surface area contributed by atoms with Crippen molar-refractivity contribution in [3.05, 3.63) is 51.7 Å². The average Bonchev–Trinajstić information content (AvgIpc) is 2.83. The molecular formula is C27H32O9. The molecular weight excluding hydrogens is 468 g/mol. The van der Waals surface area contributed by atoms with Crippen LogP contribution in [-0.4, -0.2) is 52.5 Å².